The summed E-state index contributed by atoms with van der Waals surface area (Å²) in [6.07, 6.45) is 9.32. The number of anilines is 3. The smallest absolute Gasteiger partial charge is 0.165 e. The molecular formula is C66H47N5. The quantitative estimate of drug-likeness (QED) is 0.157. The van der Waals surface area contributed by atoms with Crippen LogP contribution in [0.4, 0.5) is 17.1 Å². The van der Waals surface area contributed by atoms with Crippen LogP contribution in [0.15, 0.2) is 234 Å². The summed E-state index contributed by atoms with van der Waals surface area (Å²) in [5, 5.41) is 3.72. The standard InChI is InChI=1S/C66H47N5/c1-5-18-44(19-6-1)58-43-59(68-66(67-58)45-20-7-2-8-21-45)48-22-17-27-53(39-48)71-60-36-34-46(47-35-37-63-56(40-47)54-28-13-15-30-61(54)69(63)51-23-9-3-10-24-51)38-49(60)32-33-50-41-65-57(42-64(50)71)55-29-14-16-31-62(55)70(65)52-25-11-4-12-26-52/h1-34,36,38-42,66H,35,37,43H2. The first-order chi connectivity index (χ1) is 35.2. The van der Waals surface area contributed by atoms with Gasteiger partial charge in [-0.3, -0.25) is 9.98 Å². The van der Waals surface area contributed by atoms with Crippen molar-refractivity contribution in [3.8, 4) is 11.4 Å². The summed E-state index contributed by atoms with van der Waals surface area (Å²) in [5.41, 5.74) is 22.3. The lowest BCUT2D eigenvalue weighted by molar-refractivity contribution is 0.764. The van der Waals surface area contributed by atoms with E-state index in [0.29, 0.717) is 6.42 Å². The minimum atomic E-state index is -0.337. The molecule has 5 heteroatoms. The molecular weight excluding hydrogens is 863 g/mol. The Morgan fingerprint density at radius 3 is 1.73 bits per heavy atom. The predicted molar refractivity (Wildman–Crippen MR) is 297 cm³/mol. The minimum absolute atomic E-state index is 0.337. The molecule has 1 unspecified atom stereocenters. The molecule has 1 atom stereocenters. The average molecular weight is 910 g/mol. The zero-order chi connectivity index (χ0) is 46.8. The van der Waals surface area contributed by atoms with E-state index in [1.165, 1.54) is 66.4 Å². The molecule has 0 spiro atoms. The monoisotopic (exact) mass is 909 g/mol. The number of nitrogens with zero attached hydrogens (tertiary/aromatic N) is 5. The van der Waals surface area contributed by atoms with Gasteiger partial charge in [0.25, 0.3) is 0 Å². The van der Waals surface area contributed by atoms with Crippen molar-refractivity contribution in [2.45, 2.75) is 25.4 Å². The molecule has 0 radical (unpaired) electrons. The van der Waals surface area contributed by atoms with E-state index in [1.54, 1.807) is 0 Å². The van der Waals surface area contributed by atoms with Gasteiger partial charge in [0.2, 0.25) is 0 Å². The van der Waals surface area contributed by atoms with Crippen molar-refractivity contribution in [1.82, 2.24) is 9.13 Å². The first kappa shape index (κ1) is 41.0. The van der Waals surface area contributed by atoms with E-state index < -0.39 is 0 Å². The summed E-state index contributed by atoms with van der Waals surface area (Å²) in [6.45, 7) is 0. The molecule has 0 saturated heterocycles. The molecule has 0 fully saturated rings. The average Bonchev–Trinajstić information content (AvgIpc) is 3.89. The lowest BCUT2D eigenvalue weighted by Gasteiger charge is -2.29. The van der Waals surface area contributed by atoms with E-state index in [1.807, 2.05) is 0 Å². The topological polar surface area (TPSA) is 37.8 Å². The highest BCUT2D eigenvalue weighted by molar-refractivity contribution is 6.19. The van der Waals surface area contributed by atoms with Crippen molar-refractivity contribution in [2.24, 2.45) is 9.98 Å². The highest BCUT2D eigenvalue weighted by Crippen LogP contribution is 2.47. The molecule has 0 saturated carbocycles. The summed E-state index contributed by atoms with van der Waals surface area (Å²) in [6, 6.07) is 81.2. The fourth-order valence-electron chi connectivity index (χ4n) is 11.4. The third kappa shape index (κ3) is 7.00. The fourth-order valence-corrected chi connectivity index (χ4v) is 11.4. The summed E-state index contributed by atoms with van der Waals surface area (Å²) in [4.78, 5) is 13.1. The maximum absolute atomic E-state index is 5.40. The molecule has 4 heterocycles. The second kappa shape index (κ2) is 16.9. The second-order valence-corrected chi connectivity index (χ2v) is 18.8. The van der Waals surface area contributed by atoms with Crippen LogP contribution >= 0.6 is 0 Å². The summed E-state index contributed by atoms with van der Waals surface area (Å²) in [5.74, 6) is 0. The van der Waals surface area contributed by atoms with Crippen LogP contribution in [0.1, 0.15) is 63.6 Å². The first-order valence-electron chi connectivity index (χ1n) is 24.7. The third-order valence-corrected chi connectivity index (χ3v) is 14.7. The van der Waals surface area contributed by atoms with Gasteiger partial charge in [-0.1, -0.05) is 164 Å². The van der Waals surface area contributed by atoms with Crippen LogP contribution in [0.2, 0.25) is 0 Å². The molecule has 11 aromatic rings. The molecule has 2 aliphatic heterocycles. The number of allylic oxidation sites excluding steroid dienone is 1. The molecule has 336 valence electrons. The van der Waals surface area contributed by atoms with Gasteiger partial charge >= 0.3 is 0 Å². The lowest BCUT2D eigenvalue weighted by Crippen LogP contribution is -2.19. The molecule has 0 amide bonds. The highest BCUT2D eigenvalue weighted by Gasteiger charge is 2.27. The van der Waals surface area contributed by atoms with Crippen LogP contribution in [-0.2, 0) is 6.42 Å². The molecule has 5 nitrogen and oxygen atoms in total. The van der Waals surface area contributed by atoms with E-state index in [0.717, 1.165) is 69.3 Å². The van der Waals surface area contributed by atoms with Crippen molar-refractivity contribution >= 4 is 85.0 Å². The zero-order valence-corrected chi connectivity index (χ0v) is 39.0. The third-order valence-electron chi connectivity index (χ3n) is 14.7. The molecule has 1 aliphatic carbocycles. The van der Waals surface area contributed by atoms with E-state index in [9.17, 15) is 0 Å². The van der Waals surface area contributed by atoms with Gasteiger partial charge in [0, 0.05) is 56.5 Å². The van der Waals surface area contributed by atoms with E-state index >= 15 is 0 Å². The van der Waals surface area contributed by atoms with Crippen molar-refractivity contribution in [3.63, 3.8) is 0 Å². The molecule has 14 rings (SSSR count). The number of fused-ring (bicyclic) bond motifs is 8. The van der Waals surface area contributed by atoms with Crippen molar-refractivity contribution in [3.05, 3.63) is 269 Å². The Bertz CT molecular complexity index is 4000. The Kier molecular flexibility index (Phi) is 9.73. The van der Waals surface area contributed by atoms with E-state index in [4.69, 9.17) is 9.98 Å². The molecule has 3 aliphatic rings. The van der Waals surface area contributed by atoms with Crippen LogP contribution in [-0.4, -0.2) is 20.6 Å². The predicted octanol–water partition coefficient (Wildman–Crippen LogP) is 16.5. The Balaban J connectivity index is 0.938. The lowest BCUT2D eigenvalue weighted by atomic mass is 9.90. The number of rotatable bonds is 7. The second-order valence-electron chi connectivity index (χ2n) is 18.8. The van der Waals surface area contributed by atoms with Crippen LogP contribution in [0.5, 0.6) is 0 Å². The number of hydrogen-bond donors (Lipinski definition) is 0. The minimum Gasteiger partial charge on any atom is -0.313 e. The van der Waals surface area contributed by atoms with Crippen molar-refractivity contribution in [1.29, 1.82) is 0 Å². The summed E-state index contributed by atoms with van der Waals surface area (Å²) < 4.78 is 4.88. The Morgan fingerprint density at radius 2 is 0.986 bits per heavy atom. The van der Waals surface area contributed by atoms with Gasteiger partial charge in [-0.2, -0.15) is 0 Å². The molecule has 71 heavy (non-hydrogen) atoms. The van der Waals surface area contributed by atoms with Crippen LogP contribution in [0.25, 0.3) is 67.9 Å². The maximum Gasteiger partial charge on any atom is 0.165 e. The normalized spacial score (nSPS) is 15.2. The highest BCUT2D eigenvalue weighted by atomic mass is 15.2. The molecule has 0 N–H and O–H groups in total. The number of benzene rings is 9. The van der Waals surface area contributed by atoms with Gasteiger partial charge < -0.3 is 14.0 Å². The van der Waals surface area contributed by atoms with Crippen molar-refractivity contribution in [2.75, 3.05) is 4.90 Å². The number of aromatic nitrogens is 2. The molecule has 2 aromatic heterocycles. The Morgan fingerprint density at radius 1 is 0.394 bits per heavy atom. The summed E-state index contributed by atoms with van der Waals surface area (Å²) in [7, 11) is 0. The van der Waals surface area contributed by atoms with Crippen molar-refractivity contribution < 1.29 is 0 Å². The van der Waals surface area contributed by atoms with Crippen LogP contribution in [0.3, 0.4) is 0 Å². The maximum atomic E-state index is 5.40. The number of aliphatic imine (C=N–C) groups is 2. The Hall–Kier alpha value is -9.06. The molecule has 9 aromatic carbocycles. The largest absolute Gasteiger partial charge is 0.313 e. The van der Waals surface area contributed by atoms with E-state index in [-0.39, 0.29) is 6.17 Å². The molecule has 0 bridgehead atoms. The van der Waals surface area contributed by atoms with Gasteiger partial charge in [-0.25, -0.2) is 0 Å². The van der Waals surface area contributed by atoms with Crippen LogP contribution < -0.4 is 4.90 Å². The summed E-state index contributed by atoms with van der Waals surface area (Å²) >= 11 is 0. The van der Waals surface area contributed by atoms with Crippen LogP contribution in [0, 0.1) is 0 Å². The number of para-hydroxylation sites is 4. The van der Waals surface area contributed by atoms with Gasteiger partial charge in [0.15, 0.2) is 6.17 Å². The van der Waals surface area contributed by atoms with Gasteiger partial charge in [0.1, 0.15) is 0 Å². The SMILES string of the molecule is C1=Cc2cc3c(cc2N(c2cccc(C4=NC(c5ccccc5)N=C(c5ccccc5)C4)c2)c2ccc(C4=Cc5c(n(-c6ccccc6)c6ccccc56)CC4)cc21)c1ccccc1n3-c1ccccc1. The number of hydrogen-bond acceptors (Lipinski definition) is 3. The van der Waals surface area contributed by atoms with Gasteiger partial charge in [-0.05, 0) is 125 Å². The first-order valence-corrected chi connectivity index (χ1v) is 24.7. The Labute approximate surface area is 413 Å². The van der Waals surface area contributed by atoms with E-state index in [2.05, 4.69) is 257 Å². The van der Waals surface area contributed by atoms with Gasteiger partial charge in [0.05, 0.1) is 39.3 Å². The fraction of sp³-hybridized carbons (Fsp3) is 0.0606. The zero-order valence-electron chi connectivity index (χ0n) is 39.0. The van der Waals surface area contributed by atoms with Gasteiger partial charge in [-0.15, -0.1) is 0 Å².